The summed E-state index contributed by atoms with van der Waals surface area (Å²) in [4.78, 5) is 14.3. The molecule has 76 valence electrons. The zero-order valence-corrected chi connectivity index (χ0v) is 7.90. The molecule has 5 heteroatoms. The van der Waals surface area contributed by atoms with E-state index >= 15 is 0 Å². The molecule has 1 aliphatic rings. The smallest absolute Gasteiger partial charge is 0.233 e. The summed E-state index contributed by atoms with van der Waals surface area (Å²) in [6.45, 7) is 1.07. The zero-order chi connectivity index (χ0) is 9.80. The Kier molecular flexibility index (Phi) is 2.88. The maximum absolute atomic E-state index is 10.2. The second kappa shape index (κ2) is 4.32. The molecule has 0 aliphatic carbocycles. The molecular formula is C9H13N3O2. The predicted molar refractivity (Wildman–Crippen MR) is 48.8 cm³/mol. The van der Waals surface area contributed by atoms with Crippen LogP contribution in [0.4, 0.5) is 0 Å². The summed E-state index contributed by atoms with van der Waals surface area (Å²) in [5.41, 5.74) is 0. The number of aromatic nitrogens is 2. The van der Waals surface area contributed by atoms with Gasteiger partial charge >= 0.3 is 0 Å². The van der Waals surface area contributed by atoms with Crippen molar-refractivity contribution in [3.63, 3.8) is 0 Å². The van der Waals surface area contributed by atoms with Crippen LogP contribution < -0.4 is 5.32 Å². The molecule has 0 radical (unpaired) electrons. The Morgan fingerprint density at radius 2 is 2.57 bits per heavy atom. The number of hydrogen-bond donors (Lipinski definition) is 1. The Morgan fingerprint density at radius 3 is 3.29 bits per heavy atom. The molecule has 1 aromatic rings. The molecule has 0 saturated carbocycles. The molecule has 0 aromatic carbocycles. The lowest BCUT2D eigenvalue weighted by atomic mass is 10.1. The van der Waals surface area contributed by atoms with E-state index in [0.29, 0.717) is 17.8 Å². The van der Waals surface area contributed by atoms with Gasteiger partial charge in [-0.05, 0) is 19.4 Å². The van der Waals surface area contributed by atoms with Gasteiger partial charge in [0, 0.05) is 12.5 Å². The molecule has 1 N–H and O–H groups in total. The second-order valence-electron chi connectivity index (χ2n) is 3.47. The van der Waals surface area contributed by atoms with Crippen molar-refractivity contribution in [3.05, 3.63) is 11.7 Å². The lowest BCUT2D eigenvalue weighted by Gasteiger charge is -2.04. The van der Waals surface area contributed by atoms with Gasteiger partial charge in [0.2, 0.25) is 5.89 Å². The molecule has 1 aromatic heterocycles. The highest BCUT2D eigenvalue weighted by atomic mass is 16.5. The number of carbonyl (C=O) groups is 1. The number of carbonyl (C=O) groups excluding carboxylic acids is 1. The van der Waals surface area contributed by atoms with Gasteiger partial charge in [-0.3, -0.25) is 0 Å². The van der Waals surface area contributed by atoms with Crippen LogP contribution in [-0.2, 0) is 17.6 Å². The molecule has 2 heterocycles. The van der Waals surface area contributed by atoms with Crippen molar-refractivity contribution in [1.29, 1.82) is 0 Å². The largest absolute Gasteiger partial charge is 0.339 e. The topological polar surface area (TPSA) is 68.0 Å². The average molecular weight is 195 g/mol. The normalized spacial score (nSPS) is 21.3. The van der Waals surface area contributed by atoms with Crippen LogP contribution >= 0.6 is 0 Å². The van der Waals surface area contributed by atoms with E-state index < -0.39 is 0 Å². The van der Waals surface area contributed by atoms with Gasteiger partial charge in [-0.2, -0.15) is 4.98 Å². The van der Waals surface area contributed by atoms with Crippen LogP contribution in [0.5, 0.6) is 0 Å². The standard InChI is InChI=1S/C9H13N3O2/c13-5-3-9-11-8(12-14-9)6-7-2-1-4-10-7/h5,7,10H,1-4,6H2. The lowest BCUT2D eigenvalue weighted by molar-refractivity contribution is -0.107. The molecule has 14 heavy (non-hydrogen) atoms. The molecule has 1 aliphatic heterocycles. The van der Waals surface area contributed by atoms with E-state index in [-0.39, 0.29) is 6.42 Å². The Morgan fingerprint density at radius 1 is 1.64 bits per heavy atom. The van der Waals surface area contributed by atoms with Crippen molar-refractivity contribution in [1.82, 2.24) is 15.5 Å². The summed E-state index contributed by atoms with van der Waals surface area (Å²) < 4.78 is 4.90. The molecule has 0 amide bonds. The van der Waals surface area contributed by atoms with E-state index in [1.807, 2.05) is 0 Å². The molecule has 0 bridgehead atoms. The number of nitrogens with zero attached hydrogens (tertiary/aromatic N) is 2. The Hall–Kier alpha value is -1.23. The highest BCUT2D eigenvalue weighted by Crippen LogP contribution is 2.09. The van der Waals surface area contributed by atoms with Crippen LogP contribution in [-0.4, -0.2) is 29.0 Å². The van der Waals surface area contributed by atoms with E-state index in [4.69, 9.17) is 4.52 Å². The van der Waals surface area contributed by atoms with Gasteiger partial charge in [0.05, 0.1) is 6.42 Å². The summed E-state index contributed by atoms with van der Waals surface area (Å²) in [5, 5.41) is 7.17. The maximum Gasteiger partial charge on any atom is 0.233 e. The number of nitrogens with one attached hydrogen (secondary N) is 1. The third-order valence-corrected chi connectivity index (χ3v) is 2.36. The van der Waals surface area contributed by atoms with Crippen LogP contribution in [0.3, 0.4) is 0 Å². The minimum Gasteiger partial charge on any atom is -0.339 e. The van der Waals surface area contributed by atoms with E-state index in [0.717, 1.165) is 25.7 Å². The summed E-state index contributed by atoms with van der Waals surface area (Å²) in [6, 6.07) is 0.469. The fraction of sp³-hybridized carbons (Fsp3) is 0.667. The first kappa shape index (κ1) is 9.33. The molecule has 2 rings (SSSR count). The fourth-order valence-corrected chi connectivity index (χ4v) is 1.68. The van der Waals surface area contributed by atoms with Crippen LogP contribution in [0.15, 0.2) is 4.52 Å². The van der Waals surface area contributed by atoms with Gasteiger partial charge in [0.1, 0.15) is 6.29 Å². The van der Waals surface area contributed by atoms with Gasteiger partial charge in [-0.15, -0.1) is 0 Å². The number of rotatable bonds is 4. The molecule has 1 saturated heterocycles. The van der Waals surface area contributed by atoms with Crippen molar-refractivity contribution in [2.24, 2.45) is 0 Å². The first-order valence-corrected chi connectivity index (χ1v) is 4.87. The summed E-state index contributed by atoms with van der Waals surface area (Å²) >= 11 is 0. The van der Waals surface area contributed by atoms with Crippen LogP contribution in [0, 0.1) is 0 Å². The lowest BCUT2D eigenvalue weighted by Crippen LogP contribution is -2.24. The fourth-order valence-electron chi connectivity index (χ4n) is 1.68. The number of hydrogen-bond acceptors (Lipinski definition) is 5. The van der Waals surface area contributed by atoms with Crippen molar-refractivity contribution >= 4 is 6.29 Å². The Bertz CT molecular complexity index is 305. The monoisotopic (exact) mass is 195 g/mol. The minimum atomic E-state index is 0.213. The summed E-state index contributed by atoms with van der Waals surface area (Å²) in [5.74, 6) is 1.11. The summed E-state index contributed by atoms with van der Waals surface area (Å²) in [6.07, 6.45) is 4.15. The third-order valence-electron chi connectivity index (χ3n) is 2.36. The predicted octanol–water partition coefficient (Wildman–Crippen LogP) is 0.105. The van der Waals surface area contributed by atoms with Crippen molar-refractivity contribution in [3.8, 4) is 0 Å². The summed E-state index contributed by atoms with van der Waals surface area (Å²) in [7, 11) is 0. The Balaban J connectivity index is 1.91. The molecule has 1 atom stereocenters. The molecular weight excluding hydrogens is 182 g/mol. The molecule has 1 unspecified atom stereocenters. The van der Waals surface area contributed by atoms with Gasteiger partial charge < -0.3 is 14.6 Å². The van der Waals surface area contributed by atoms with E-state index in [9.17, 15) is 4.79 Å². The van der Waals surface area contributed by atoms with Crippen molar-refractivity contribution in [2.45, 2.75) is 31.7 Å². The van der Waals surface area contributed by atoms with Crippen molar-refractivity contribution < 1.29 is 9.32 Å². The zero-order valence-electron chi connectivity index (χ0n) is 7.90. The highest BCUT2D eigenvalue weighted by Gasteiger charge is 2.17. The maximum atomic E-state index is 10.2. The minimum absolute atomic E-state index is 0.213. The quantitative estimate of drug-likeness (QED) is 0.690. The van der Waals surface area contributed by atoms with Gasteiger partial charge in [0.15, 0.2) is 5.82 Å². The first-order chi connectivity index (χ1) is 6.88. The van der Waals surface area contributed by atoms with Crippen LogP contribution in [0.2, 0.25) is 0 Å². The van der Waals surface area contributed by atoms with Crippen LogP contribution in [0.1, 0.15) is 24.6 Å². The molecule has 5 nitrogen and oxygen atoms in total. The van der Waals surface area contributed by atoms with Crippen molar-refractivity contribution in [2.75, 3.05) is 6.54 Å². The number of aldehydes is 1. The van der Waals surface area contributed by atoms with Gasteiger partial charge in [-0.25, -0.2) is 0 Å². The average Bonchev–Trinajstić information content (AvgIpc) is 2.79. The SMILES string of the molecule is O=CCc1nc(CC2CCCN2)no1. The van der Waals surface area contributed by atoms with E-state index in [1.54, 1.807) is 0 Å². The Labute approximate surface area is 81.9 Å². The third kappa shape index (κ3) is 2.17. The van der Waals surface area contributed by atoms with E-state index in [1.165, 1.54) is 6.42 Å². The van der Waals surface area contributed by atoms with Gasteiger partial charge in [0.25, 0.3) is 0 Å². The highest BCUT2D eigenvalue weighted by molar-refractivity contribution is 5.52. The second-order valence-corrected chi connectivity index (χ2v) is 3.47. The van der Waals surface area contributed by atoms with E-state index in [2.05, 4.69) is 15.5 Å². The van der Waals surface area contributed by atoms with Crippen LogP contribution in [0.25, 0.3) is 0 Å². The first-order valence-electron chi connectivity index (χ1n) is 4.87. The van der Waals surface area contributed by atoms with Gasteiger partial charge in [-0.1, -0.05) is 5.16 Å². The molecule has 1 fully saturated rings. The molecule has 0 spiro atoms.